The molecule has 0 aliphatic rings. The summed E-state index contributed by atoms with van der Waals surface area (Å²) < 4.78 is 0. The minimum absolute atomic E-state index is 0.355. The topological polar surface area (TPSA) is 77.8 Å². The fourth-order valence-electron chi connectivity index (χ4n) is 4.11. The molecule has 0 aromatic rings. The van der Waals surface area contributed by atoms with Gasteiger partial charge in [0.2, 0.25) is 0 Å². The number of rotatable bonds is 25. The number of carbonyl (C=O) groups is 1. The van der Waals surface area contributed by atoms with E-state index in [1.165, 1.54) is 116 Å². The lowest BCUT2D eigenvalue weighted by Crippen LogP contribution is -2.18. The van der Waals surface area contributed by atoms with Crippen molar-refractivity contribution in [3.63, 3.8) is 0 Å². The highest BCUT2D eigenvalue weighted by Crippen LogP contribution is 2.15. The van der Waals surface area contributed by atoms with E-state index in [1.807, 2.05) is 0 Å². The molecule has 0 aliphatic carbocycles. The largest absolute Gasteiger partial charge is 0.479 e. The molecule has 0 saturated carbocycles. The van der Waals surface area contributed by atoms with Gasteiger partial charge >= 0.3 is 5.97 Å². The van der Waals surface area contributed by atoms with Crippen LogP contribution in [0.25, 0.3) is 0 Å². The standard InChI is InChI=1S/C26H52O4/c27-24-22-20-18-16-14-12-10-8-6-4-2-1-3-5-7-9-11-13-15-17-19-21-23-25(28)26(29)30/h25,27-28H,1-24H2,(H,29,30). The lowest BCUT2D eigenvalue weighted by molar-refractivity contribution is -0.146. The summed E-state index contributed by atoms with van der Waals surface area (Å²) in [6, 6.07) is 0. The number of carboxylic acid groups (broad SMARTS) is 1. The third-order valence-corrected chi connectivity index (χ3v) is 6.17. The monoisotopic (exact) mass is 428 g/mol. The number of unbranched alkanes of at least 4 members (excludes halogenated alkanes) is 21. The zero-order valence-electron chi connectivity index (χ0n) is 19.8. The van der Waals surface area contributed by atoms with Gasteiger partial charge in [-0.25, -0.2) is 4.79 Å². The maximum Gasteiger partial charge on any atom is 0.332 e. The maximum absolute atomic E-state index is 10.5. The van der Waals surface area contributed by atoms with Crippen LogP contribution in [0, 0.1) is 0 Å². The van der Waals surface area contributed by atoms with Gasteiger partial charge in [0.1, 0.15) is 0 Å². The van der Waals surface area contributed by atoms with Crippen molar-refractivity contribution in [1.29, 1.82) is 0 Å². The van der Waals surface area contributed by atoms with Gasteiger partial charge in [0.05, 0.1) is 0 Å². The average Bonchev–Trinajstić information content (AvgIpc) is 2.74. The molecule has 0 heterocycles. The molecule has 1 atom stereocenters. The molecule has 0 rings (SSSR count). The van der Waals surface area contributed by atoms with Gasteiger partial charge in [-0.1, -0.05) is 135 Å². The van der Waals surface area contributed by atoms with Crippen LogP contribution in [0.1, 0.15) is 148 Å². The van der Waals surface area contributed by atoms with Crippen molar-refractivity contribution in [3.8, 4) is 0 Å². The lowest BCUT2D eigenvalue weighted by atomic mass is 10.0. The van der Waals surface area contributed by atoms with Crippen LogP contribution >= 0.6 is 0 Å². The molecule has 1 unspecified atom stereocenters. The Kier molecular flexibility index (Phi) is 24.2. The van der Waals surface area contributed by atoms with E-state index in [2.05, 4.69) is 0 Å². The smallest absolute Gasteiger partial charge is 0.332 e. The predicted molar refractivity (Wildman–Crippen MR) is 127 cm³/mol. The average molecular weight is 429 g/mol. The van der Waals surface area contributed by atoms with Gasteiger partial charge in [-0.05, 0) is 12.8 Å². The quantitative estimate of drug-likeness (QED) is 0.132. The van der Waals surface area contributed by atoms with Crippen molar-refractivity contribution < 1.29 is 20.1 Å². The second-order valence-corrected chi connectivity index (χ2v) is 9.14. The maximum atomic E-state index is 10.5. The molecule has 0 amide bonds. The van der Waals surface area contributed by atoms with Gasteiger partial charge in [-0.3, -0.25) is 0 Å². The summed E-state index contributed by atoms with van der Waals surface area (Å²) in [6.07, 6.45) is 27.7. The van der Waals surface area contributed by atoms with E-state index in [-0.39, 0.29) is 0 Å². The van der Waals surface area contributed by atoms with E-state index in [0.717, 1.165) is 25.7 Å². The first-order valence-electron chi connectivity index (χ1n) is 13.2. The van der Waals surface area contributed by atoms with Crippen molar-refractivity contribution in [3.05, 3.63) is 0 Å². The third kappa shape index (κ3) is 23.7. The number of aliphatic carboxylic acids is 1. The van der Waals surface area contributed by atoms with Crippen LogP contribution in [0.15, 0.2) is 0 Å². The SMILES string of the molecule is O=C(O)C(O)CCCCCCCCCCCCCCCCCCCCCCCCO. The lowest BCUT2D eigenvalue weighted by Gasteiger charge is -2.05. The molecule has 0 spiro atoms. The Morgan fingerprint density at radius 1 is 0.467 bits per heavy atom. The summed E-state index contributed by atoms with van der Waals surface area (Å²) in [5.41, 5.74) is 0. The predicted octanol–water partition coefficient (Wildman–Crippen LogP) is 7.40. The van der Waals surface area contributed by atoms with Crippen LogP contribution in [0.5, 0.6) is 0 Å². The van der Waals surface area contributed by atoms with Gasteiger partial charge in [0.25, 0.3) is 0 Å². The van der Waals surface area contributed by atoms with Crippen LogP contribution in [-0.4, -0.2) is 34.0 Å². The van der Waals surface area contributed by atoms with E-state index < -0.39 is 12.1 Å². The molecule has 0 aromatic carbocycles. The molecule has 0 aromatic heterocycles. The molecule has 3 N–H and O–H groups in total. The first-order valence-corrected chi connectivity index (χ1v) is 13.2. The summed E-state index contributed by atoms with van der Waals surface area (Å²) in [5.74, 6) is -1.09. The summed E-state index contributed by atoms with van der Waals surface area (Å²) in [6.45, 7) is 0.355. The summed E-state index contributed by atoms with van der Waals surface area (Å²) >= 11 is 0. The zero-order valence-corrected chi connectivity index (χ0v) is 19.8. The number of hydrogen-bond donors (Lipinski definition) is 3. The van der Waals surface area contributed by atoms with Gasteiger partial charge in [0.15, 0.2) is 6.10 Å². The summed E-state index contributed by atoms with van der Waals surface area (Å²) in [7, 11) is 0. The van der Waals surface area contributed by atoms with Crippen LogP contribution in [0.3, 0.4) is 0 Å². The van der Waals surface area contributed by atoms with Crippen molar-refractivity contribution in [1.82, 2.24) is 0 Å². The fourth-order valence-corrected chi connectivity index (χ4v) is 4.11. The van der Waals surface area contributed by atoms with Gasteiger partial charge in [-0.15, -0.1) is 0 Å². The second-order valence-electron chi connectivity index (χ2n) is 9.14. The number of aliphatic hydroxyl groups excluding tert-OH is 2. The minimum atomic E-state index is -1.17. The van der Waals surface area contributed by atoms with Crippen molar-refractivity contribution >= 4 is 5.97 Å². The Morgan fingerprint density at radius 3 is 0.933 bits per heavy atom. The molecule has 4 nitrogen and oxygen atoms in total. The number of aliphatic hydroxyl groups is 2. The molecule has 4 heteroatoms. The molecular formula is C26H52O4. The molecule has 0 aliphatic heterocycles. The van der Waals surface area contributed by atoms with Gasteiger partial charge < -0.3 is 15.3 Å². The molecule has 180 valence electrons. The zero-order chi connectivity index (χ0) is 22.1. The second kappa shape index (κ2) is 24.7. The molecule has 0 bridgehead atoms. The number of carboxylic acids is 1. The first-order chi connectivity index (χ1) is 14.7. The van der Waals surface area contributed by atoms with Crippen molar-refractivity contribution in [2.24, 2.45) is 0 Å². The summed E-state index contributed by atoms with van der Waals surface area (Å²) in [4.78, 5) is 10.5. The highest BCUT2D eigenvalue weighted by Gasteiger charge is 2.11. The Bertz CT molecular complexity index is 346. The van der Waals surface area contributed by atoms with E-state index in [9.17, 15) is 9.90 Å². The van der Waals surface area contributed by atoms with E-state index in [4.69, 9.17) is 10.2 Å². The third-order valence-electron chi connectivity index (χ3n) is 6.17. The Morgan fingerprint density at radius 2 is 0.700 bits per heavy atom. The normalized spacial score (nSPS) is 12.3. The van der Waals surface area contributed by atoms with Crippen LogP contribution in [0.4, 0.5) is 0 Å². The molecule has 0 fully saturated rings. The van der Waals surface area contributed by atoms with Crippen LogP contribution in [0.2, 0.25) is 0 Å². The highest BCUT2D eigenvalue weighted by atomic mass is 16.4. The minimum Gasteiger partial charge on any atom is -0.479 e. The van der Waals surface area contributed by atoms with Crippen molar-refractivity contribution in [2.75, 3.05) is 6.61 Å². The fraction of sp³-hybridized carbons (Fsp3) is 0.962. The van der Waals surface area contributed by atoms with E-state index >= 15 is 0 Å². The first kappa shape index (κ1) is 29.4. The molecular weight excluding hydrogens is 376 g/mol. The van der Waals surface area contributed by atoms with Crippen LogP contribution < -0.4 is 0 Å². The molecule has 0 radical (unpaired) electrons. The number of hydrogen-bond acceptors (Lipinski definition) is 3. The molecule has 30 heavy (non-hydrogen) atoms. The highest BCUT2D eigenvalue weighted by molar-refractivity contribution is 5.71. The Balaban J connectivity index is 3.04. The molecule has 0 saturated heterocycles. The van der Waals surface area contributed by atoms with E-state index in [0.29, 0.717) is 13.0 Å². The Hall–Kier alpha value is -0.610. The summed E-state index contributed by atoms with van der Waals surface area (Å²) in [5, 5.41) is 26.5. The van der Waals surface area contributed by atoms with Gasteiger partial charge in [0, 0.05) is 6.61 Å². The van der Waals surface area contributed by atoms with E-state index in [1.54, 1.807) is 0 Å². The Labute approximate surface area is 186 Å². The van der Waals surface area contributed by atoms with Crippen molar-refractivity contribution in [2.45, 2.75) is 154 Å². The van der Waals surface area contributed by atoms with Crippen LogP contribution in [-0.2, 0) is 4.79 Å². The van der Waals surface area contributed by atoms with Gasteiger partial charge in [-0.2, -0.15) is 0 Å².